The Kier molecular flexibility index (Phi) is 4.13. The molecule has 1 amide bonds. The minimum atomic E-state index is -1.34. The summed E-state index contributed by atoms with van der Waals surface area (Å²) in [7, 11) is 0. The van der Waals surface area contributed by atoms with Crippen molar-refractivity contribution >= 4 is 5.91 Å². The Morgan fingerprint density at radius 1 is 1.24 bits per heavy atom. The van der Waals surface area contributed by atoms with Crippen LogP contribution in [0, 0.1) is 0 Å². The van der Waals surface area contributed by atoms with E-state index in [1.807, 2.05) is 30.3 Å². The molecule has 1 fully saturated rings. The van der Waals surface area contributed by atoms with E-state index in [2.05, 4.69) is 0 Å². The number of rotatable bonds is 4. The van der Waals surface area contributed by atoms with Crippen LogP contribution in [-0.2, 0) is 11.2 Å². The van der Waals surface area contributed by atoms with Crippen molar-refractivity contribution in [3.63, 3.8) is 0 Å². The molecule has 0 radical (unpaired) electrons. The van der Waals surface area contributed by atoms with E-state index in [4.69, 9.17) is 0 Å². The molecule has 1 saturated heterocycles. The number of halogens is 1. The normalized spacial score (nSPS) is 17.1. The zero-order chi connectivity index (χ0) is 12.1. The van der Waals surface area contributed by atoms with E-state index in [9.17, 15) is 9.18 Å². The monoisotopic (exact) mass is 235 g/mol. The van der Waals surface area contributed by atoms with Crippen LogP contribution in [0.15, 0.2) is 30.3 Å². The zero-order valence-corrected chi connectivity index (χ0v) is 9.94. The summed E-state index contributed by atoms with van der Waals surface area (Å²) in [6.07, 6.45) is 1.60. The third-order valence-electron chi connectivity index (χ3n) is 3.21. The minimum absolute atomic E-state index is 0.291. The first-order valence-electron chi connectivity index (χ1n) is 6.24. The van der Waals surface area contributed by atoms with Crippen LogP contribution in [0.1, 0.15) is 24.8 Å². The van der Waals surface area contributed by atoms with Crippen LogP contribution in [0.3, 0.4) is 0 Å². The van der Waals surface area contributed by atoms with Gasteiger partial charge in [-0.15, -0.1) is 0 Å². The minimum Gasteiger partial charge on any atom is -0.340 e. The van der Waals surface area contributed by atoms with Crippen LogP contribution >= 0.6 is 0 Å². The second-order valence-electron chi connectivity index (χ2n) is 4.52. The maximum absolute atomic E-state index is 13.7. The molecule has 0 N–H and O–H groups in total. The molecule has 0 bridgehead atoms. The molecular formula is C14H18FNO. The summed E-state index contributed by atoms with van der Waals surface area (Å²) in [6, 6.07) is 9.74. The summed E-state index contributed by atoms with van der Waals surface area (Å²) in [5.41, 5.74) is 1.09. The number of alkyl halides is 1. The van der Waals surface area contributed by atoms with Gasteiger partial charge in [0.15, 0.2) is 6.17 Å². The van der Waals surface area contributed by atoms with Gasteiger partial charge in [0.05, 0.1) is 0 Å². The number of hydrogen-bond acceptors (Lipinski definition) is 1. The Morgan fingerprint density at radius 3 is 2.53 bits per heavy atom. The molecule has 1 aromatic carbocycles. The number of carbonyl (C=O) groups is 1. The fraction of sp³-hybridized carbons (Fsp3) is 0.500. The summed E-state index contributed by atoms with van der Waals surface area (Å²) < 4.78 is 13.7. The molecule has 1 aliphatic heterocycles. The SMILES string of the molecule is O=C(C(F)CCc1ccccc1)N1CCCC1. The quantitative estimate of drug-likeness (QED) is 0.785. The lowest BCUT2D eigenvalue weighted by Crippen LogP contribution is -2.35. The molecule has 1 aromatic rings. The van der Waals surface area contributed by atoms with Crippen molar-refractivity contribution in [3.8, 4) is 0 Å². The highest BCUT2D eigenvalue weighted by molar-refractivity contribution is 5.81. The molecule has 1 atom stereocenters. The Bertz CT molecular complexity index is 360. The van der Waals surface area contributed by atoms with Gasteiger partial charge in [-0.25, -0.2) is 4.39 Å². The highest BCUT2D eigenvalue weighted by Gasteiger charge is 2.25. The van der Waals surface area contributed by atoms with E-state index >= 15 is 0 Å². The van der Waals surface area contributed by atoms with Crippen molar-refractivity contribution in [2.24, 2.45) is 0 Å². The first-order chi connectivity index (χ1) is 8.27. The van der Waals surface area contributed by atoms with Crippen molar-refractivity contribution < 1.29 is 9.18 Å². The first-order valence-corrected chi connectivity index (χ1v) is 6.24. The molecule has 1 aliphatic rings. The van der Waals surface area contributed by atoms with Crippen molar-refractivity contribution in [2.75, 3.05) is 13.1 Å². The Balaban J connectivity index is 1.80. The average molecular weight is 235 g/mol. The Hall–Kier alpha value is -1.38. The smallest absolute Gasteiger partial charge is 0.257 e. The highest BCUT2D eigenvalue weighted by atomic mass is 19.1. The van der Waals surface area contributed by atoms with Gasteiger partial charge >= 0.3 is 0 Å². The van der Waals surface area contributed by atoms with Crippen LogP contribution in [0.5, 0.6) is 0 Å². The molecule has 92 valence electrons. The van der Waals surface area contributed by atoms with Gasteiger partial charge in [-0.1, -0.05) is 30.3 Å². The topological polar surface area (TPSA) is 20.3 Å². The predicted octanol–water partition coefficient (Wildman–Crippen LogP) is 2.58. The van der Waals surface area contributed by atoms with Gasteiger partial charge in [-0.05, 0) is 31.2 Å². The van der Waals surface area contributed by atoms with Crippen LogP contribution in [0.4, 0.5) is 4.39 Å². The highest BCUT2D eigenvalue weighted by Crippen LogP contribution is 2.14. The number of carbonyl (C=O) groups excluding carboxylic acids is 1. The van der Waals surface area contributed by atoms with Gasteiger partial charge in [-0.2, -0.15) is 0 Å². The van der Waals surface area contributed by atoms with E-state index in [-0.39, 0.29) is 5.91 Å². The molecule has 17 heavy (non-hydrogen) atoms. The van der Waals surface area contributed by atoms with E-state index in [0.29, 0.717) is 12.8 Å². The van der Waals surface area contributed by atoms with Crippen molar-refractivity contribution in [1.82, 2.24) is 4.90 Å². The second-order valence-corrected chi connectivity index (χ2v) is 4.52. The van der Waals surface area contributed by atoms with E-state index in [1.54, 1.807) is 4.90 Å². The lowest BCUT2D eigenvalue weighted by Gasteiger charge is -2.17. The maximum Gasteiger partial charge on any atom is 0.257 e. The van der Waals surface area contributed by atoms with Gasteiger partial charge in [0.2, 0.25) is 0 Å². The standard InChI is InChI=1S/C14H18FNO/c15-13(14(17)16-10-4-5-11-16)9-8-12-6-2-1-3-7-12/h1-3,6-7,13H,4-5,8-11H2. The summed E-state index contributed by atoms with van der Waals surface area (Å²) >= 11 is 0. The molecule has 0 spiro atoms. The van der Waals surface area contributed by atoms with Crippen LogP contribution in [0.2, 0.25) is 0 Å². The molecule has 0 saturated carbocycles. The summed E-state index contributed by atoms with van der Waals surface area (Å²) in [6.45, 7) is 1.45. The molecule has 2 nitrogen and oxygen atoms in total. The van der Waals surface area contributed by atoms with Gasteiger partial charge < -0.3 is 4.90 Å². The first kappa shape index (κ1) is 12.1. The molecule has 3 heteroatoms. The maximum atomic E-state index is 13.7. The Morgan fingerprint density at radius 2 is 1.88 bits per heavy atom. The van der Waals surface area contributed by atoms with Gasteiger partial charge in [0.1, 0.15) is 0 Å². The van der Waals surface area contributed by atoms with Crippen LogP contribution in [-0.4, -0.2) is 30.1 Å². The van der Waals surface area contributed by atoms with Crippen LogP contribution in [0.25, 0.3) is 0 Å². The summed E-state index contributed by atoms with van der Waals surface area (Å²) in [5.74, 6) is -0.321. The van der Waals surface area contributed by atoms with Crippen molar-refractivity contribution in [3.05, 3.63) is 35.9 Å². The van der Waals surface area contributed by atoms with Crippen LogP contribution < -0.4 is 0 Å². The van der Waals surface area contributed by atoms with E-state index < -0.39 is 6.17 Å². The van der Waals surface area contributed by atoms with Crippen molar-refractivity contribution in [2.45, 2.75) is 31.9 Å². The second kappa shape index (κ2) is 5.80. The zero-order valence-electron chi connectivity index (χ0n) is 9.94. The molecule has 1 heterocycles. The molecule has 2 rings (SSSR count). The largest absolute Gasteiger partial charge is 0.340 e. The van der Waals surface area contributed by atoms with E-state index in [1.165, 1.54) is 0 Å². The molecular weight excluding hydrogens is 217 g/mol. The number of benzene rings is 1. The lowest BCUT2D eigenvalue weighted by molar-refractivity contribution is -0.135. The lowest BCUT2D eigenvalue weighted by atomic mass is 10.1. The summed E-state index contributed by atoms with van der Waals surface area (Å²) in [4.78, 5) is 13.4. The number of likely N-dealkylation sites (tertiary alicyclic amines) is 1. The van der Waals surface area contributed by atoms with Gasteiger partial charge in [0, 0.05) is 13.1 Å². The molecule has 1 unspecified atom stereocenters. The molecule has 0 aromatic heterocycles. The fourth-order valence-corrected chi connectivity index (χ4v) is 2.20. The third kappa shape index (κ3) is 3.29. The average Bonchev–Trinajstić information content (AvgIpc) is 2.90. The van der Waals surface area contributed by atoms with Gasteiger partial charge in [-0.3, -0.25) is 4.79 Å². The molecule has 0 aliphatic carbocycles. The van der Waals surface area contributed by atoms with Gasteiger partial charge in [0.25, 0.3) is 5.91 Å². The number of nitrogens with zero attached hydrogens (tertiary/aromatic N) is 1. The summed E-state index contributed by atoms with van der Waals surface area (Å²) in [5, 5.41) is 0. The van der Waals surface area contributed by atoms with Crippen molar-refractivity contribution in [1.29, 1.82) is 0 Å². The number of aryl methyl sites for hydroxylation is 1. The number of amides is 1. The third-order valence-corrected chi connectivity index (χ3v) is 3.21. The Labute approximate surface area is 101 Å². The fourth-order valence-electron chi connectivity index (χ4n) is 2.20. The predicted molar refractivity (Wildman–Crippen MR) is 65.5 cm³/mol. The van der Waals surface area contributed by atoms with E-state index in [0.717, 1.165) is 31.5 Å². The number of hydrogen-bond donors (Lipinski definition) is 0.